The van der Waals surface area contributed by atoms with Crippen molar-refractivity contribution in [2.75, 3.05) is 34.3 Å². The number of hydrogen-bond donors (Lipinski definition) is 2. The molecule has 1 atom stereocenters. The summed E-state index contributed by atoms with van der Waals surface area (Å²) in [5.74, 6) is -0.991. The van der Waals surface area contributed by atoms with E-state index in [0.717, 1.165) is 11.1 Å². The van der Waals surface area contributed by atoms with Crippen molar-refractivity contribution in [1.82, 2.24) is 9.80 Å². The highest BCUT2D eigenvalue weighted by atomic mass is 16.5. The van der Waals surface area contributed by atoms with Gasteiger partial charge in [-0.25, -0.2) is 0 Å². The molecule has 1 heterocycles. The predicted octanol–water partition coefficient (Wildman–Crippen LogP) is 4.27. The van der Waals surface area contributed by atoms with Crippen LogP contribution in [-0.2, 0) is 16.2 Å². The normalized spacial score (nSPS) is 16.8. The maximum Gasteiger partial charge on any atom is 0.295 e. The van der Waals surface area contributed by atoms with Gasteiger partial charge < -0.3 is 29.5 Å². The lowest BCUT2D eigenvalue weighted by atomic mass is 9.95. The van der Waals surface area contributed by atoms with Gasteiger partial charge in [0.25, 0.3) is 11.7 Å². The first kappa shape index (κ1) is 26.8. The number of nitrogens with zero attached hydrogens (tertiary/aromatic N) is 2. The number of ketones is 1. The Balaban J connectivity index is 1.68. The Morgan fingerprint density at radius 2 is 1.74 bits per heavy atom. The minimum atomic E-state index is -0.846. The number of hydrogen-bond acceptors (Lipinski definition) is 7. The summed E-state index contributed by atoms with van der Waals surface area (Å²) in [5.41, 5.74) is 3.11. The first-order valence-corrected chi connectivity index (χ1v) is 12.3. The number of Topliss-reactive ketones (excluding diaryl/α,β-unsaturated/α-hetero) is 1. The van der Waals surface area contributed by atoms with Crippen molar-refractivity contribution in [2.45, 2.75) is 19.6 Å². The standard InChI is InChI=1S/C30H32N2O6/c1-19-7-5-6-8-22(19)18-38-23-12-9-20(10-13-23)28(34)26-27(21-11-14-24(33)25(17-21)37-4)32(16-15-31(2)3)30(36)29(26)35/h5-14,17,27,33-34H,15-16,18H2,1-4H3/b28-26+/t27-/m1/s1. The van der Waals surface area contributed by atoms with Crippen molar-refractivity contribution in [3.63, 3.8) is 0 Å². The van der Waals surface area contributed by atoms with E-state index in [1.54, 1.807) is 36.4 Å². The summed E-state index contributed by atoms with van der Waals surface area (Å²) in [6.45, 7) is 3.21. The van der Waals surface area contributed by atoms with E-state index in [2.05, 4.69) is 0 Å². The molecule has 1 amide bonds. The molecular weight excluding hydrogens is 484 g/mol. The van der Waals surface area contributed by atoms with E-state index in [1.807, 2.05) is 50.2 Å². The number of benzene rings is 3. The molecule has 198 valence electrons. The summed E-state index contributed by atoms with van der Waals surface area (Å²) in [4.78, 5) is 29.6. The third-order valence-electron chi connectivity index (χ3n) is 6.63. The van der Waals surface area contributed by atoms with Gasteiger partial charge in [-0.1, -0.05) is 30.3 Å². The number of ether oxygens (including phenoxy) is 2. The zero-order valence-electron chi connectivity index (χ0n) is 22.0. The number of aliphatic hydroxyl groups excluding tert-OH is 1. The van der Waals surface area contributed by atoms with Gasteiger partial charge in [0.2, 0.25) is 0 Å². The van der Waals surface area contributed by atoms with E-state index in [-0.39, 0.29) is 29.4 Å². The largest absolute Gasteiger partial charge is 0.507 e. The highest BCUT2D eigenvalue weighted by molar-refractivity contribution is 6.46. The lowest BCUT2D eigenvalue weighted by Gasteiger charge is -2.27. The molecule has 0 spiro atoms. The van der Waals surface area contributed by atoms with Gasteiger partial charge in [-0.2, -0.15) is 0 Å². The monoisotopic (exact) mass is 516 g/mol. The summed E-state index contributed by atoms with van der Waals surface area (Å²) < 4.78 is 11.1. The van der Waals surface area contributed by atoms with Crippen LogP contribution in [0.4, 0.5) is 0 Å². The number of carbonyl (C=O) groups excluding carboxylic acids is 2. The number of aliphatic hydroxyl groups is 1. The minimum absolute atomic E-state index is 0.0184. The van der Waals surface area contributed by atoms with Crippen LogP contribution in [0.3, 0.4) is 0 Å². The van der Waals surface area contributed by atoms with E-state index >= 15 is 0 Å². The number of amides is 1. The maximum absolute atomic E-state index is 13.2. The fraction of sp³-hybridized carbons (Fsp3) is 0.267. The lowest BCUT2D eigenvalue weighted by Crippen LogP contribution is -2.35. The van der Waals surface area contributed by atoms with E-state index < -0.39 is 17.7 Å². The molecular formula is C30H32N2O6. The molecule has 1 fully saturated rings. The Morgan fingerprint density at radius 1 is 1.03 bits per heavy atom. The number of rotatable bonds is 9. The van der Waals surface area contributed by atoms with Crippen LogP contribution in [0.2, 0.25) is 0 Å². The highest BCUT2D eigenvalue weighted by Gasteiger charge is 2.46. The number of phenolic OH excluding ortho intramolecular Hbond substituents is 1. The average molecular weight is 517 g/mol. The van der Waals surface area contributed by atoms with Crippen molar-refractivity contribution in [3.05, 3.63) is 94.6 Å². The molecule has 2 N–H and O–H groups in total. The molecule has 0 bridgehead atoms. The molecule has 1 saturated heterocycles. The molecule has 8 heteroatoms. The first-order chi connectivity index (χ1) is 18.2. The quantitative estimate of drug-likeness (QED) is 0.249. The first-order valence-electron chi connectivity index (χ1n) is 12.3. The Morgan fingerprint density at radius 3 is 2.39 bits per heavy atom. The van der Waals surface area contributed by atoms with E-state index in [0.29, 0.717) is 30.0 Å². The number of methoxy groups -OCH3 is 1. The second-order valence-corrected chi connectivity index (χ2v) is 9.47. The second kappa shape index (κ2) is 11.4. The number of aromatic hydroxyl groups is 1. The van der Waals surface area contributed by atoms with Crippen LogP contribution in [0.25, 0.3) is 5.76 Å². The van der Waals surface area contributed by atoms with Gasteiger partial charge in [0.05, 0.1) is 18.7 Å². The highest BCUT2D eigenvalue weighted by Crippen LogP contribution is 2.41. The summed E-state index contributed by atoms with van der Waals surface area (Å²) in [7, 11) is 5.17. The minimum Gasteiger partial charge on any atom is -0.507 e. The molecule has 1 aliphatic rings. The van der Waals surface area contributed by atoms with Crippen LogP contribution in [0, 0.1) is 6.92 Å². The Bertz CT molecular complexity index is 1360. The lowest BCUT2D eigenvalue weighted by molar-refractivity contribution is -0.140. The van der Waals surface area contributed by atoms with Gasteiger partial charge in [0.1, 0.15) is 18.1 Å². The average Bonchev–Trinajstić information content (AvgIpc) is 3.16. The molecule has 8 nitrogen and oxygen atoms in total. The molecule has 0 radical (unpaired) electrons. The van der Waals surface area contributed by atoms with Crippen LogP contribution in [-0.4, -0.2) is 66.0 Å². The van der Waals surface area contributed by atoms with Crippen LogP contribution < -0.4 is 9.47 Å². The van der Waals surface area contributed by atoms with Gasteiger partial charge in [0.15, 0.2) is 11.5 Å². The zero-order valence-corrected chi connectivity index (χ0v) is 22.0. The van der Waals surface area contributed by atoms with Gasteiger partial charge in [-0.3, -0.25) is 9.59 Å². The van der Waals surface area contributed by atoms with Crippen LogP contribution in [0.1, 0.15) is 28.3 Å². The molecule has 3 aromatic carbocycles. The Labute approximate surface area is 222 Å². The van der Waals surface area contributed by atoms with Crippen molar-refractivity contribution in [2.24, 2.45) is 0 Å². The molecule has 0 saturated carbocycles. The van der Waals surface area contributed by atoms with Crippen molar-refractivity contribution in [3.8, 4) is 17.2 Å². The van der Waals surface area contributed by atoms with Gasteiger partial charge in [-0.15, -0.1) is 0 Å². The summed E-state index contributed by atoms with van der Waals surface area (Å²) in [5, 5.41) is 21.4. The third-order valence-corrected chi connectivity index (χ3v) is 6.63. The number of likely N-dealkylation sites (tertiary alicyclic amines) is 1. The fourth-order valence-corrected chi connectivity index (χ4v) is 4.43. The van der Waals surface area contributed by atoms with Crippen molar-refractivity contribution >= 4 is 17.4 Å². The molecule has 0 aromatic heterocycles. The number of aryl methyl sites for hydroxylation is 1. The van der Waals surface area contributed by atoms with Gasteiger partial charge in [0, 0.05) is 18.7 Å². The van der Waals surface area contributed by atoms with Crippen LogP contribution in [0.15, 0.2) is 72.3 Å². The number of likely N-dealkylation sites (N-methyl/N-ethyl adjacent to an activating group) is 1. The number of carbonyl (C=O) groups is 2. The Kier molecular flexibility index (Phi) is 8.02. The Hall–Kier alpha value is -4.30. The maximum atomic E-state index is 13.2. The summed E-state index contributed by atoms with van der Waals surface area (Å²) >= 11 is 0. The SMILES string of the molecule is COc1cc([C@@H]2/C(=C(\O)c3ccc(OCc4ccccc4C)cc3)C(=O)C(=O)N2CCN(C)C)ccc1O. The van der Waals surface area contributed by atoms with E-state index in [4.69, 9.17) is 9.47 Å². The van der Waals surface area contributed by atoms with Crippen LogP contribution >= 0.6 is 0 Å². The molecule has 1 aliphatic heterocycles. The van der Waals surface area contributed by atoms with E-state index in [9.17, 15) is 19.8 Å². The second-order valence-electron chi connectivity index (χ2n) is 9.47. The summed E-state index contributed by atoms with van der Waals surface area (Å²) in [6, 6.07) is 18.5. The van der Waals surface area contributed by atoms with Crippen molar-refractivity contribution in [1.29, 1.82) is 0 Å². The molecule has 3 aromatic rings. The smallest absolute Gasteiger partial charge is 0.295 e. The molecule has 38 heavy (non-hydrogen) atoms. The van der Waals surface area contributed by atoms with Crippen LogP contribution in [0.5, 0.6) is 17.2 Å². The zero-order chi connectivity index (χ0) is 27.4. The summed E-state index contributed by atoms with van der Waals surface area (Å²) in [6.07, 6.45) is 0. The molecule has 4 rings (SSSR count). The molecule has 0 unspecified atom stereocenters. The van der Waals surface area contributed by atoms with Gasteiger partial charge in [-0.05, 0) is 74.1 Å². The van der Waals surface area contributed by atoms with Gasteiger partial charge >= 0.3 is 0 Å². The molecule has 0 aliphatic carbocycles. The van der Waals surface area contributed by atoms with E-state index in [1.165, 1.54) is 18.1 Å². The predicted molar refractivity (Wildman–Crippen MR) is 144 cm³/mol. The topological polar surface area (TPSA) is 99.5 Å². The third kappa shape index (κ3) is 5.50. The number of phenols is 1. The van der Waals surface area contributed by atoms with Crippen molar-refractivity contribution < 1.29 is 29.3 Å². The fourth-order valence-electron chi connectivity index (χ4n) is 4.43.